The first kappa shape index (κ1) is 11.3. The van der Waals surface area contributed by atoms with Crippen molar-refractivity contribution in [3.8, 4) is 0 Å². The van der Waals surface area contributed by atoms with E-state index in [0.717, 1.165) is 24.5 Å². The van der Waals surface area contributed by atoms with Crippen LogP contribution in [0.5, 0.6) is 0 Å². The van der Waals surface area contributed by atoms with Gasteiger partial charge >= 0.3 is 0 Å². The highest BCUT2D eigenvalue weighted by molar-refractivity contribution is 7.99. The van der Waals surface area contributed by atoms with Gasteiger partial charge in [0.1, 0.15) is 0 Å². The Balaban J connectivity index is 2.46. The zero-order valence-corrected chi connectivity index (χ0v) is 9.28. The highest BCUT2D eigenvalue weighted by Crippen LogP contribution is 2.09. The van der Waals surface area contributed by atoms with Gasteiger partial charge in [0.25, 0.3) is 5.56 Å². The molecule has 0 radical (unpaired) electrons. The summed E-state index contributed by atoms with van der Waals surface area (Å²) in [5.41, 5.74) is 0.683. The van der Waals surface area contributed by atoms with E-state index < -0.39 is 0 Å². The Kier molecular flexibility index (Phi) is 4.69. The van der Waals surface area contributed by atoms with Gasteiger partial charge in [0.05, 0.1) is 0 Å². The summed E-state index contributed by atoms with van der Waals surface area (Å²) in [6, 6.07) is 1.49. The van der Waals surface area contributed by atoms with Gasteiger partial charge in [0.2, 0.25) is 0 Å². The van der Waals surface area contributed by atoms with Crippen LogP contribution in [0.15, 0.2) is 16.0 Å². The lowest BCUT2D eigenvalue weighted by Crippen LogP contribution is -2.16. The molecule has 1 heterocycles. The number of aromatic nitrogens is 2. The SMILES string of the molecule is CCNCCSc1nc(C)cc(=O)[nH]1. The summed E-state index contributed by atoms with van der Waals surface area (Å²) < 4.78 is 0. The molecular weight excluding hydrogens is 198 g/mol. The number of nitrogens with one attached hydrogen (secondary N) is 2. The molecule has 2 N–H and O–H groups in total. The Morgan fingerprint density at radius 3 is 3.07 bits per heavy atom. The number of hydrogen-bond donors (Lipinski definition) is 2. The maximum atomic E-state index is 11.1. The molecule has 0 atom stereocenters. The van der Waals surface area contributed by atoms with Gasteiger partial charge in [-0.1, -0.05) is 18.7 Å². The highest BCUT2D eigenvalue weighted by Gasteiger charge is 1.97. The van der Waals surface area contributed by atoms with Crippen molar-refractivity contribution >= 4 is 11.8 Å². The molecule has 0 spiro atoms. The molecule has 0 aliphatic heterocycles. The van der Waals surface area contributed by atoms with Crippen LogP contribution in [0.4, 0.5) is 0 Å². The second-order valence-corrected chi connectivity index (χ2v) is 3.98. The molecule has 14 heavy (non-hydrogen) atoms. The lowest BCUT2D eigenvalue weighted by atomic mass is 10.5. The van der Waals surface area contributed by atoms with Crippen LogP contribution in [0, 0.1) is 6.92 Å². The quantitative estimate of drug-likeness (QED) is 0.431. The van der Waals surface area contributed by atoms with Crippen LogP contribution in [-0.2, 0) is 0 Å². The van der Waals surface area contributed by atoms with E-state index in [2.05, 4.69) is 22.2 Å². The van der Waals surface area contributed by atoms with Gasteiger partial charge in [-0.2, -0.15) is 0 Å². The zero-order valence-electron chi connectivity index (χ0n) is 8.46. The zero-order chi connectivity index (χ0) is 10.4. The van der Waals surface area contributed by atoms with Crippen LogP contribution in [-0.4, -0.2) is 28.8 Å². The Bertz CT molecular complexity index is 337. The predicted molar refractivity (Wildman–Crippen MR) is 58.9 cm³/mol. The van der Waals surface area contributed by atoms with E-state index >= 15 is 0 Å². The normalized spacial score (nSPS) is 10.4. The Morgan fingerprint density at radius 1 is 1.64 bits per heavy atom. The number of thioether (sulfide) groups is 1. The molecule has 0 aliphatic rings. The molecule has 0 unspecified atom stereocenters. The molecule has 0 saturated carbocycles. The van der Waals surface area contributed by atoms with Gasteiger partial charge in [-0.25, -0.2) is 4.98 Å². The predicted octanol–water partition coefficient (Wildman–Crippen LogP) is 0.780. The summed E-state index contributed by atoms with van der Waals surface area (Å²) in [6.45, 7) is 5.79. The molecule has 5 heteroatoms. The summed E-state index contributed by atoms with van der Waals surface area (Å²) in [7, 11) is 0. The third kappa shape index (κ3) is 3.93. The number of nitrogens with zero attached hydrogens (tertiary/aromatic N) is 1. The lowest BCUT2D eigenvalue weighted by molar-refractivity contribution is 0.766. The smallest absolute Gasteiger partial charge is 0.251 e. The van der Waals surface area contributed by atoms with Crippen LogP contribution in [0.2, 0.25) is 0 Å². The van der Waals surface area contributed by atoms with Crippen molar-refractivity contribution < 1.29 is 0 Å². The van der Waals surface area contributed by atoms with Crippen molar-refractivity contribution in [1.82, 2.24) is 15.3 Å². The molecule has 0 saturated heterocycles. The fraction of sp³-hybridized carbons (Fsp3) is 0.556. The standard InChI is InChI=1S/C9H15N3OS/c1-3-10-4-5-14-9-11-7(2)6-8(13)12-9/h6,10H,3-5H2,1-2H3,(H,11,12,13). The van der Waals surface area contributed by atoms with Crippen LogP contribution in [0.25, 0.3) is 0 Å². The maximum absolute atomic E-state index is 11.1. The average molecular weight is 213 g/mol. The van der Waals surface area contributed by atoms with Gasteiger partial charge in [-0.15, -0.1) is 0 Å². The third-order valence-corrected chi connectivity index (χ3v) is 2.49. The summed E-state index contributed by atoms with van der Waals surface area (Å²) in [5, 5.41) is 3.91. The Morgan fingerprint density at radius 2 is 2.43 bits per heavy atom. The van der Waals surface area contributed by atoms with Crippen molar-refractivity contribution in [2.45, 2.75) is 19.0 Å². The molecule has 4 nitrogen and oxygen atoms in total. The molecule has 1 aromatic rings. The van der Waals surface area contributed by atoms with Gasteiger partial charge in [0.15, 0.2) is 5.16 Å². The van der Waals surface area contributed by atoms with E-state index in [0.29, 0.717) is 5.16 Å². The van der Waals surface area contributed by atoms with Gasteiger partial charge in [-0.3, -0.25) is 4.79 Å². The van der Waals surface area contributed by atoms with Crippen LogP contribution in [0.3, 0.4) is 0 Å². The Labute approximate surface area is 87.5 Å². The van der Waals surface area contributed by atoms with E-state index in [9.17, 15) is 4.79 Å². The molecule has 0 aromatic carbocycles. The van der Waals surface area contributed by atoms with Crippen molar-refractivity contribution in [1.29, 1.82) is 0 Å². The average Bonchev–Trinajstić information content (AvgIpc) is 2.11. The molecule has 0 fully saturated rings. The third-order valence-electron chi connectivity index (χ3n) is 1.62. The van der Waals surface area contributed by atoms with Crippen molar-refractivity contribution in [2.24, 2.45) is 0 Å². The minimum absolute atomic E-state index is 0.0801. The minimum atomic E-state index is -0.0801. The second-order valence-electron chi connectivity index (χ2n) is 2.89. The molecule has 0 bridgehead atoms. The molecular formula is C9H15N3OS. The monoisotopic (exact) mass is 213 g/mol. The van der Waals surface area contributed by atoms with E-state index in [4.69, 9.17) is 0 Å². The topological polar surface area (TPSA) is 57.8 Å². The fourth-order valence-corrected chi connectivity index (χ4v) is 1.84. The van der Waals surface area contributed by atoms with Crippen molar-refractivity contribution in [3.63, 3.8) is 0 Å². The highest BCUT2D eigenvalue weighted by atomic mass is 32.2. The summed E-state index contributed by atoms with van der Waals surface area (Å²) in [5.74, 6) is 0.917. The number of aryl methyl sites for hydroxylation is 1. The lowest BCUT2D eigenvalue weighted by Gasteiger charge is -2.01. The molecule has 78 valence electrons. The van der Waals surface area contributed by atoms with E-state index in [-0.39, 0.29) is 5.56 Å². The van der Waals surface area contributed by atoms with Crippen LogP contribution >= 0.6 is 11.8 Å². The number of H-pyrrole nitrogens is 1. The Hall–Kier alpha value is -0.810. The second kappa shape index (κ2) is 5.82. The van der Waals surface area contributed by atoms with Crippen molar-refractivity contribution in [3.05, 3.63) is 22.1 Å². The largest absolute Gasteiger partial charge is 0.316 e. The number of aromatic amines is 1. The number of rotatable bonds is 5. The van der Waals surface area contributed by atoms with Gasteiger partial charge < -0.3 is 10.3 Å². The van der Waals surface area contributed by atoms with E-state index in [1.807, 2.05) is 6.92 Å². The maximum Gasteiger partial charge on any atom is 0.251 e. The van der Waals surface area contributed by atoms with Crippen molar-refractivity contribution in [2.75, 3.05) is 18.8 Å². The molecule has 1 rings (SSSR count). The molecule has 1 aromatic heterocycles. The fourth-order valence-electron chi connectivity index (χ4n) is 1.02. The first-order chi connectivity index (χ1) is 6.72. The van der Waals surface area contributed by atoms with E-state index in [1.54, 1.807) is 11.8 Å². The van der Waals surface area contributed by atoms with Gasteiger partial charge in [-0.05, 0) is 13.5 Å². The van der Waals surface area contributed by atoms with Crippen LogP contribution < -0.4 is 10.9 Å². The summed E-state index contributed by atoms with van der Waals surface area (Å²) in [4.78, 5) is 18.0. The molecule has 0 amide bonds. The summed E-state index contributed by atoms with van der Waals surface area (Å²) >= 11 is 1.56. The van der Waals surface area contributed by atoms with Gasteiger partial charge in [0, 0.05) is 24.1 Å². The van der Waals surface area contributed by atoms with E-state index in [1.165, 1.54) is 6.07 Å². The number of hydrogen-bond acceptors (Lipinski definition) is 4. The first-order valence-electron chi connectivity index (χ1n) is 4.64. The minimum Gasteiger partial charge on any atom is -0.316 e. The molecule has 0 aliphatic carbocycles. The first-order valence-corrected chi connectivity index (χ1v) is 5.62. The summed E-state index contributed by atoms with van der Waals surface area (Å²) in [6.07, 6.45) is 0. The van der Waals surface area contributed by atoms with Crippen LogP contribution in [0.1, 0.15) is 12.6 Å².